The summed E-state index contributed by atoms with van der Waals surface area (Å²) >= 11 is 1.16. The predicted molar refractivity (Wildman–Crippen MR) is 140 cm³/mol. The van der Waals surface area contributed by atoms with Gasteiger partial charge in [-0.2, -0.15) is 4.31 Å². The summed E-state index contributed by atoms with van der Waals surface area (Å²) in [6.07, 6.45) is 1.58. The van der Waals surface area contributed by atoms with Crippen molar-refractivity contribution in [3.63, 3.8) is 0 Å². The molecule has 1 aliphatic heterocycles. The fourth-order valence-corrected chi connectivity index (χ4v) is 8.08. The normalized spacial score (nSPS) is 16.3. The zero-order valence-corrected chi connectivity index (χ0v) is 23.5. The summed E-state index contributed by atoms with van der Waals surface area (Å²) in [5, 5.41) is 3.09. The number of thiazole rings is 1. The van der Waals surface area contributed by atoms with Gasteiger partial charge in [-0.3, -0.25) is 4.79 Å². The van der Waals surface area contributed by atoms with E-state index >= 15 is 0 Å². The average molecular weight is 587 g/mol. The summed E-state index contributed by atoms with van der Waals surface area (Å²) in [7, 11) is -8.19. The minimum Gasteiger partial charge on any atom is -0.302 e. The van der Waals surface area contributed by atoms with Gasteiger partial charge in [0.1, 0.15) is 0 Å². The molecule has 0 atom stereocenters. The molecule has 1 N–H and O–H groups in total. The minimum absolute atomic E-state index is 0.0786. The summed E-state index contributed by atoms with van der Waals surface area (Å²) in [6.45, 7) is 0.213. The molecular formula is C22H26N4O7S4. The number of nitrogens with one attached hydrogen (secondary N) is 1. The second-order valence-corrected chi connectivity index (χ2v) is 16.0. The van der Waals surface area contributed by atoms with Crippen LogP contribution in [0, 0.1) is 5.92 Å². The van der Waals surface area contributed by atoms with Gasteiger partial charge in [-0.25, -0.2) is 34.5 Å². The molecule has 1 aliphatic rings. The molecule has 200 valence electrons. The van der Waals surface area contributed by atoms with Crippen LogP contribution in [0.15, 0.2) is 57.2 Å². The van der Waals surface area contributed by atoms with E-state index in [2.05, 4.69) is 10.3 Å². The van der Waals surface area contributed by atoms with Crippen LogP contribution in [0.25, 0.3) is 10.2 Å². The largest absolute Gasteiger partial charge is 0.302 e. The summed E-state index contributed by atoms with van der Waals surface area (Å²) in [4.78, 5) is 17.2. The Morgan fingerprint density at radius 3 is 2.24 bits per heavy atom. The molecule has 0 aliphatic carbocycles. The van der Waals surface area contributed by atoms with Crippen molar-refractivity contribution < 1.29 is 30.0 Å². The van der Waals surface area contributed by atoms with Crippen molar-refractivity contribution in [3.8, 4) is 0 Å². The Balaban J connectivity index is 1.43. The van der Waals surface area contributed by atoms with Crippen LogP contribution in [-0.2, 0) is 34.7 Å². The Bertz CT molecular complexity index is 1670. The highest BCUT2D eigenvalue weighted by Crippen LogP contribution is 2.31. The van der Waals surface area contributed by atoms with E-state index in [9.17, 15) is 30.0 Å². The number of hydrogen-bond acceptors (Lipinski definition) is 9. The van der Waals surface area contributed by atoms with Crippen LogP contribution in [0.1, 0.15) is 12.8 Å². The quantitative estimate of drug-likeness (QED) is 0.442. The highest BCUT2D eigenvalue weighted by atomic mass is 32.2. The monoisotopic (exact) mass is 586 g/mol. The van der Waals surface area contributed by atoms with Crippen LogP contribution in [0.4, 0.5) is 5.13 Å². The molecule has 3 aromatic rings. The first-order chi connectivity index (χ1) is 17.2. The van der Waals surface area contributed by atoms with Gasteiger partial charge in [0.25, 0.3) is 0 Å². The molecule has 37 heavy (non-hydrogen) atoms. The third kappa shape index (κ3) is 5.71. The van der Waals surface area contributed by atoms with Gasteiger partial charge in [-0.1, -0.05) is 17.4 Å². The minimum atomic E-state index is -3.92. The molecule has 2 heterocycles. The van der Waals surface area contributed by atoms with Gasteiger partial charge in [0, 0.05) is 39.4 Å². The number of anilines is 1. The number of piperidine rings is 1. The molecule has 1 aromatic heterocycles. The van der Waals surface area contributed by atoms with Gasteiger partial charge < -0.3 is 5.32 Å². The lowest BCUT2D eigenvalue weighted by atomic mass is 9.97. The van der Waals surface area contributed by atoms with Crippen molar-refractivity contribution in [1.29, 1.82) is 0 Å². The maximum Gasteiger partial charge on any atom is 0.243 e. The molecule has 0 spiro atoms. The van der Waals surface area contributed by atoms with E-state index in [-0.39, 0.29) is 46.5 Å². The van der Waals surface area contributed by atoms with Gasteiger partial charge in [-0.05, 0) is 49.2 Å². The molecule has 2 aromatic carbocycles. The molecule has 0 bridgehead atoms. The average Bonchev–Trinajstić information content (AvgIpc) is 3.25. The number of hydrogen-bond donors (Lipinski definition) is 1. The highest BCUT2D eigenvalue weighted by molar-refractivity contribution is 7.91. The second-order valence-electron chi connectivity index (χ2n) is 8.85. The highest BCUT2D eigenvalue weighted by Gasteiger charge is 2.33. The molecule has 15 heteroatoms. The van der Waals surface area contributed by atoms with Crippen LogP contribution in [-0.4, -0.2) is 78.2 Å². The first kappa shape index (κ1) is 27.6. The molecule has 0 saturated carbocycles. The molecule has 0 radical (unpaired) electrons. The number of fused-ring (bicyclic) bond motifs is 1. The second kappa shape index (κ2) is 10.0. The van der Waals surface area contributed by atoms with Crippen molar-refractivity contribution in [2.75, 3.05) is 38.8 Å². The van der Waals surface area contributed by atoms with E-state index < -0.39 is 35.8 Å². The zero-order chi connectivity index (χ0) is 27.2. The Morgan fingerprint density at radius 1 is 0.973 bits per heavy atom. The number of amides is 1. The number of carbonyl (C=O) groups is 1. The fourth-order valence-electron chi connectivity index (χ4n) is 3.91. The summed E-state index contributed by atoms with van der Waals surface area (Å²) in [5.74, 6) is -0.734. The molecule has 4 rings (SSSR count). The van der Waals surface area contributed by atoms with Gasteiger partial charge in [0.05, 0.1) is 24.9 Å². The molecule has 1 saturated heterocycles. The van der Waals surface area contributed by atoms with Crippen molar-refractivity contribution >= 4 is 62.5 Å². The van der Waals surface area contributed by atoms with Crippen molar-refractivity contribution in [2.45, 2.75) is 27.5 Å². The van der Waals surface area contributed by atoms with Crippen LogP contribution in [0.5, 0.6) is 0 Å². The van der Waals surface area contributed by atoms with Crippen LogP contribution >= 0.6 is 11.3 Å². The van der Waals surface area contributed by atoms with Crippen molar-refractivity contribution in [1.82, 2.24) is 13.6 Å². The number of benzene rings is 2. The van der Waals surface area contributed by atoms with Gasteiger partial charge in [0.2, 0.25) is 26.0 Å². The predicted octanol–water partition coefficient (Wildman–Crippen LogP) is 1.99. The van der Waals surface area contributed by atoms with E-state index in [1.807, 2.05) is 0 Å². The lowest BCUT2D eigenvalue weighted by Crippen LogP contribution is -2.41. The molecule has 1 amide bonds. The maximum absolute atomic E-state index is 13.0. The van der Waals surface area contributed by atoms with E-state index in [1.165, 1.54) is 48.7 Å². The number of sulfonamides is 2. The number of rotatable bonds is 7. The van der Waals surface area contributed by atoms with Crippen LogP contribution in [0.3, 0.4) is 0 Å². The summed E-state index contributed by atoms with van der Waals surface area (Å²) in [5.41, 5.74) is 0.551. The van der Waals surface area contributed by atoms with E-state index in [1.54, 1.807) is 6.07 Å². The number of aromatic nitrogens is 1. The van der Waals surface area contributed by atoms with E-state index in [4.69, 9.17) is 0 Å². The Kier molecular flexibility index (Phi) is 7.49. The SMILES string of the molecule is CN(C)S(=O)(=O)c1ccc2nc(NC(=O)C3CCN(S(=O)(=O)c4cccc(S(C)(=O)=O)c4)CC3)sc2c1. The zero-order valence-electron chi connectivity index (χ0n) is 20.3. The van der Waals surface area contributed by atoms with E-state index in [0.717, 1.165) is 28.0 Å². The number of sulfone groups is 1. The van der Waals surface area contributed by atoms with Crippen LogP contribution in [0.2, 0.25) is 0 Å². The first-order valence-corrected chi connectivity index (χ1v) is 16.7. The van der Waals surface area contributed by atoms with Crippen LogP contribution < -0.4 is 5.32 Å². The lowest BCUT2D eigenvalue weighted by molar-refractivity contribution is -0.120. The molecular weight excluding hydrogens is 561 g/mol. The van der Waals surface area contributed by atoms with Crippen molar-refractivity contribution in [3.05, 3.63) is 42.5 Å². The third-order valence-corrected chi connectivity index (χ3v) is 11.8. The van der Waals surface area contributed by atoms with Crippen molar-refractivity contribution in [2.24, 2.45) is 5.92 Å². The van der Waals surface area contributed by atoms with Gasteiger partial charge in [-0.15, -0.1) is 0 Å². The first-order valence-electron chi connectivity index (χ1n) is 11.1. The van der Waals surface area contributed by atoms with Gasteiger partial charge >= 0.3 is 0 Å². The molecule has 11 nitrogen and oxygen atoms in total. The molecule has 1 fully saturated rings. The maximum atomic E-state index is 13.0. The number of nitrogens with zero attached hydrogens (tertiary/aromatic N) is 3. The molecule has 0 unspecified atom stereocenters. The fraction of sp³-hybridized carbons (Fsp3) is 0.364. The topological polar surface area (TPSA) is 151 Å². The standard InChI is InChI=1S/C22H26N4O7S4/c1-25(2)36(30,31)18-7-8-19-20(14-18)34-22(23-19)24-21(27)15-9-11-26(12-10-15)37(32,33)17-6-4-5-16(13-17)35(3,28)29/h4-8,13-15H,9-12H2,1-3H3,(H,23,24,27). The van der Waals surface area contributed by atoms with E-state index in [0.29, 0.717) is 15.3 Å². The Hall–Kier alpha value is -2.43. The smallest absolute Gasteiger partial charge is 0.243 e. The Labute approximate surface area is 220 Å². The Morgan fingerprint density at radius 2 is 1.62 bits per heavy atom. The number of carbonyl (C=O) groups excluding carboxylic acids is 1. The summed E-state index contributed by atoms with van der Waals surface area (Å²) < 4.78 is 77.5. The third-order valence-electron chi connectivity index (χ3n) is 6.06. The van der Waals surface area contributed by atoms with Gasteiger partial charge in [0.15, 0.2) is 15.0 Å². The lowest BCUT2D eigenvalue weighted by Gasteiger charge is -2.30. The summed E-state index contributed by atoms with van der Waals surface area (Å²) in [6, 6.07) is 9.79.